The number of aromatic hydroxyl groups is 3. The van der Waals surface area contributed by atoms with E-state index in [1.54, 1.807) is 0 Å². The molecular formula is C33H38O23. The average molecular weight is 803 g/mol. The van der Waals surface area contributed by atoms with Crippen molar-refractivity contribution in [1.29, 1.82) is 0 Å². The lowest BCUT2D eigenvalue weighted by molar-refractivity contribution is -0.358. The number of rotatable bonds is 10. The third kappa shape index (κ3) is 7.53. The minimum atomic E-state index is -2.07. The van der Waals surface area contributed by atoms with E-state index in [1.165, 1.54) is 0 Å². The molecule has 2 aromatic carbocycles. The summed E-state index contributed by atoms with van der Waals surface area (Å²) in [7, 11) is 0. The first-order valence-electron chi connectivity index (χ1n) is 16.7. The van der Waals surface area contributed by atoms with Gasteiger partial charge in [-0.15, -0.1) is 0 Å². The van der Waals surface area contributed by atoms with E-state index in [0.717, 1.165) is 30.3 Å². The van der Waals surface area contributed by atoms with Crippen molar-refractivity contribution in [3.8, 4) is 40.1 Å². The van der Waals surface area contributed by atoms with E-state index in [4.69, 9.17) is 32.8 Å². The van der Waals surface area contributed by atoms with E-state index in [9.17, 15) is 81.1 Å². The second kappa shape index (κ2) is 16.2. The summed E-state index contributed by atoms with van der Waals surface area (Å²) in [6, 6.07) is 4.78. The summed E-state index contributed by atoms with van der Waals surface area (Å²) in [5, 5.41) is 143. The molecule has 0 aliphatic carbocycles. The Morgan fingerprint density at radius 1 is 0.643 bits per heavy atom. The maximum Gasteiger partial charge on any atom is 0.335 e. The lowest BCUT2D eigenvalue weighted by Gasteiger charge is -2.45. The molecule has 56 heavy (non-hydrogen) atoms. The number of hydrogen-bond donors (Lipinski definition) is 14. The third-order valence-electron chi connectivity index (χ3n) is 9.41. The van der Waals surface area contributed by atoms with Crippen LogP contribution in [-0.2, 0) is 23.7 Å². The number of phenols is 3. The second-order valence-corrected chi connectivity index (χ2v) is 13.1. The first kappa shape index (κ1) is 41.2. The van der Waals surface area contributed by atoms with E-state index >= 15 is 0 Å². The number of aliphatic hydroxyl groups excluding tert-OH is 10. The molecule has 0 amide bonds. The Morgan fingerprint density at radius 2 is 1.25 bits per heavy atom. The Kier molecular flexibility index (Phi) is 11.9. The molecule has 0 bridgehead atoms. The van der Waals surface area contributed by atoms with Crippen LogP contribution >= 0.6 is 0 Å². The van der Waals surface area contributed by atoms with Gasteiger partial charge in [0, 0.05) is 17.7 Å². The molecule has 3 aliphatic rings. The van der Waals surface area contributed by atoms with Gasteiger partial charge in [-0.3, -0.25) is 4.79 Å². The monoisotopic (exact) mass is 802 g/mol. The molecule has 1 aromatic heterocycles. The number of aliphatic hydroxyl groups is 10. The van der Waals surface area contributed by atoms with Gasteiger partial charge in [0.15, 0.2) is 35.8 Å². The van der Waals surface area contributed by atoms with Crippen molar-refractivity contribution in [2.75, 3.05) is 13.2 Å². The van der Waals surface area contributed by atoms with E-state index in [2.05, 4.69) is 0 Å². The molecule has 3 aromatic rings. The normalized spacial score (nSPS) is 36.3. The lowest BCUT2D eigenvalue weighted by Crippen LogP contribution is -2.65. The minimum absolute atomic E-state index is 0.200. The Labute approximate surface area is 312 Å². The van der Waals surface area contributed by atoms with Crippen molar-refractivity contribution in [3.63, 3.8) is 0 Å². The number of ether oxygens (including phenoxy) is 6. The quantitative estimate of drug-likeness (QED) is 0.0852. The highest BCUT2D eigenvalue weighted by atomic mass is 16.8. The van der Waals surface area contributed by atoms with Gasteiger partial charge in [-0.25, -0.2) is 4.79 Å². The summed E-state index contributed by atoms with van der Waals surface area (Å²) in [6.45, 7) is -1.81. The molecule has 6 rings (SSSR count). The topological polar surface area (TPSA) is 386 Å². The first-order valence-corrected chi connectivity index (χ1v) is 16.7. The Bertz CT molecular complexity index is 1950. The highest BCUT2D eigenvalue weighted by Crippen LogP contribution is 2.41. The molecular weight excluding hydrogens is 764 g/mol. The molecule has 23 heteroatoms. The molecule has 308 valence electrons. The van der Waals surface area contributed by atoms with Crippen LogP contribution < -0.4 is 14.9 Å². The second-order valence-electron chi connectivity index (χ2n) is 13.1. The van der Waals surface area contributed by atoms with Crippen molar-refractivity contribution in [1.82, 2.24) is 0 Å². The third-order valence-corrected chi connectivity index (χ3v) is 9.41. The zero-order chi connectivity index (χ0) is 40.9. The number of carboxylic acids is 1. The van der Waals surface area contributed by atoms with Crippen LogP contribution in [0.2, 0.25) is 0 Å². The van der Waals surface area contributed by atoms with Gasteiger partial charge >= 0.3 is 5.97 Å². The zero-order valence-corrected chi connectivity index (χ0v) is 28.4. The van der Waals surface area contributed by atoms with Crippen LogP contribution in [0.5, 0.6) is 28.7 Å². The maximum absolute atomic E-state index is 14.2. The van der Waals surface area contributed by atoms with Gasteiger partial charge in [0.05, 0.1) is 13.2 Å². The van der Waals surface area contributed by atoms with E-state index in [0.29, 0.717) is 0 Å². The smallest absolute Gasteiger partial charge is 0.335 e. The van der Waals surface area contributed by atoms with Crippen LogP contribution in [0.4, 0.5) is 0 Å². The Balaban J connectivity index is 1.43. The molecule has 3 fully saturated rings. The van der Waals surface area contributed by atoms with Crippen LogP contribution in [0.25, 0.3) is 22.3 Å². The number of fused-ring (bicyclic) bond motifs is 1. The van der Waals surface area contributed by atoms with Gasteiger partial charge < -0.3 is 104 Å². The molecule has 0 saturated carbocycles. The molecule has 4 heterocycles. The molecule has 0 radical (unpaired) electrons. The predicted molar refractivity (Wildman–Crippen MR) is 175 cm³/mol. The van der Waals surface area contributed by atoms with Crippen molar-refractivity contribution < 1.29 is 109 Å². The van der Waals surface area contributed by atoms with Gasteiger partial charge in [0.1, 0.15) is 83.5 Å². The van der Waals surface area contributed by atoms with Gasteiger partial charge in [0.2, 0.25) is 23.8 Å². The number of phenolic OH excluding ortho intramolecular Hbond substituents is 3. The number of hydrogen-bond acceptors (Lipinski definition) is 22. The fraction of sp³-hybridized carbons (Fsp3) is 0.515. The van der Waals surface area contributed by atoms with Gasteiger partial charge in [-0.2, -0.15) is 0 Å². The van der Waals surface area contributed by atoms with Crippen molar-refractivity contribution in [2.45, 2.75) is 92.1 Å². The van der Waals surface area contributed by atoms with Gasteiger partial charge in [0.25, 0.3) is 0 Å². The molecule has 15 atom stereocenters. The zero-order valence-electron chi connectivity index (χ0n) is 28.4. The summed E-state index contributed by atoms with van der Waals surface area (Å²) < 4.78 is 39.0. The predicted octanol–water partition coefficient (Wildman–Crippen LogP) is -5.15. The van der Waals surface area contributed by atoms with Crippen LogP contribution in [0, 0.1) is 0 Å². The van der Waals surface area contributed by atoms with Crippen LogP contribution in [0.15, 0.2) is 39.5 Å². The molecule has 3 aliphatic heterocycles. The van der Waals surface area contributed by atoms with E-state index < -0.39 is 162 Å². The number of benzene rings is 2. The Morgan fingerprint density at radius 3 is 1.88 bits per heavy atom. The van der Waals surface area contributed by atoms with Gasteiger partial charge in [-0.1, -0.05) is 0 Å². The summed E-state index contributed by atoms with van der Waals surface area (Å²) >= 11 is 0. The fourth-order valence-corrected chi connectivity index (χ4v) is 6.32. The SMILES string of the molecule is O=C(O)[C@H]1O[C@@H](Oc2cc(O)c3c(=O)c(O[C@H]4O[C@H](CO)[C@@H](O)[C@H](O)[C@H]4O[C@@H]4O[C@H](CO)[C@@H](O)[C@H](O)[C@H]4O)c(-c4ccc(O)c(O)c4)oc3c2)[C@H](O)[C@@H](O)[C@@H]1O. The van der Waals surface area contributed by atoms with E-state index in [-0.39, 0.29) is 5.56 Å². The summed E-state index contributed by atoms with van der Waals surface area (Å²) in [5.74, 6) is -5.87. The van der Waals surface area contributed by atoms with Crippen LogP contribution in [0.3, 0.4) is 0 Å². The highest BCUT2D eigenvalue weighted by molar-refractivity contribution is 5.88. The molecule has 3 saturated heterocycles. The average Bonchev–Trinajstić information content (AvgIpc) is 3.16. The molecule has 0 unspecified atom stereocenters. The van der Waals surface area contributed by atoms with Crippen molar-refractivity contribution in [3.05, 3.63) is 40.6 Å². The fourth-order valence-electron chi connectivity index (χ4n) is 6.32. The summed E-state index contributed by atoms with van der Waals surface area (Å²) in [5.41, 5.74) is -1.93. The Hall–Kier alpha value is -4.44. The molecule has 0 spiro atoms. The number of carbonyl (C=O) groups is 1. The van der Waals surface area contributed by atoms with Crippen molar-refractivity contribution in [2.24, 2.45) is 0 Å². The molecule has 14 N–H and O–H groups in total. The number of aliphatic carboxylic acids is 1. The summed E-state index contributed by atoms with van der Waals surface area (Å²) in [6.07, 6.45) is -29.1. The highest BCUT2D eigenvalue weighted by Gasteiger charge is 2.52. The summed E-state index contributed by atoms with van der Waals surface area (Å²) in [4.78, 5) is 25.8. The lowest BCUT2D eigenvalue weighted by atomic mass is 9.97. The van der Waals surface area contributed by atoms with Crippen LogP contribution in [0.1, 0.15) is 0 Å². The van der Waals surface area contributed by atoms with Gasteiger partial charge in [-0.05, 0) is 18.2 Å². The molecule has 23 nitrogen and oxygen atoms in total. The minimum Gasteiger partial charge on any atom is -0.507 e. The largest absolute Gasteiger partial charge is 0.507 e. The first-order chi connectivity index (χ1) is 26.5. The van der Waals surface area contributed by atoms with Crippen LogP contribution in [-0.4, -0.2) is 183 Å². The maximum atomic E-state index is 14.2. The number of carboxylic acid groups (broad SMARTS) is 1. The standard InChI is InChI=1S/C33H38O23/c34-6-14-17(39)20(42)24(46)32(52-14)56-29-22(44)18(40)15(7-35)53-33(29)54-27-19(41)16-12(38)4-9(50-31-25(47)21(43)23(45)28(55-31)30(48)49)5-13(16)51-26(27)8-1-2-10(36)11(37)3-8/h1-5,14-15,17-18,20-25,28-29,31-40,42-47H,6-7H2,(H,48,49)/t14-,15-,17-,18-,20+,21+,22+,23+,24-,25-,28+,29-,31-,32+,33-/m1/s1. The van der Waals surface area contributed by atoms with Crippen molar-refractivity contribution >= 4 is 16.9 Å². The van der Waals surface area contributed by atoms with E-state index in [1.807, 2.05) is 0 Å².